The molecule has 1 amide bonds. The van der Waals surface area contributed by atoms with Crippen molar-refractivity contribution in [1.29, 1.82) is 0 Å². The fourth-order valence-corrected chi connectivity index (χ4v) is 2.33. The van der Waals surface area contributed by atoms with Crippen molar-refractivity contribution in [3.8, 4) is 11.5 Å². The van der Waals surface area contributed by atoms with E-state index < -0.39 is 0 Å². The summed E-state index contributed by atoms with van der Waals surface area (Å²) in [6.45, 7) is 1.57. The summed E-state index contributed by atoms with van der Waals surface area (Å²) in [4.78, 5) is 13.5. The maximum atomic E-state index is 11.7. The van der Waals surface area contributed by atoms with Gasteiger partial charge in [-0.2, -0.15) is 0 Å². The topological polar surface area (TPSA) is 48.0 Å². The zero-order chi connectivity index (χ0) is 14.4. The molecule has 1 aromatic carbocycles. The van der Waals surface area contributed by atoms with E-state index in [0.717, 1.165) is 24.3 Å². The molecule has 1 aromatic rings. The number of piperidine rings is 1. The Balaban J connectivity index is 1.87. The van der Waals surface area contributed by atoms with E-state index in [1.165, 1.54) is 7.11 Å². The summed E-state index contributed by atoms with van der Waals surface area (Å²) in [6.07, 6.45) is 1.78. The summed E-state index contributed by atoms with van der Waals surface area (Å²) < 4.78 is 16.1. The Bertz CT molecular complexity index is 441. The highest BCUT2D eigenvalue weighted by molar-refractivity contribution is 5.77. The maximum Gasteiger partial charge on any atom is 0.248 e. The highest BCUT2D eigenvalue weighted by Crippen LogP contribution is 2.28. The lowest BCUT2D eigenvalue weighted by Crippen LogP contribution is -2.43. The van der Waals surface area contributed by atoms with Crippen molar-refractivity contribution in [2.45, 2.75) is 18.9 Å². The number of amides is 1. The van der Waals surface area contributed by atoms with Crippen molar-refractivity contribution < 1.29 is 19.0 Å². The second kappa shape index (κ2) is 7.14. The minimum atomic E-state index is 0.0447. The number of methoxy groups -OCH3 is 2. The van der Waals surface area contributed by atoms with Gasteiger partial charge in [0, 0.05) is 33.0 Å². The van der Waals surface area contributed by atoms with Gasteiger partial charge in [0.05, 0.1) is 7.11 Å². The lowest BCUT2D eigenvalue weighted by atomic mass is 10.1. The number of hydrogen-bond donors (Lipinski definition) is 0. The van der Waals surface area contributed by atoms with Gasteiger partial charge in [-0.15, -0.1) is 0 Å². The molecule has 1 aliphatic rings. The van der Waals surface area contributed by atoms with Crippen molar-refractivity contribution >= 4 is 5.91 Å². The molecule has 110 valence electrons. The van der Waals surface area contributed by atoms with Gasteiger partial charge in [-0.3, -0.25) is 4.79 Å². The molecule has 0 aliphatic carbocycles. The third-order valence-electron chi connectivity index (χ3n) is 3.43. The largest absolute Gasteiger partial charge is 0.493 e. The van der Waals surface area contributed by atoms with Gasteiger partial charge in [0.2, 0.25) is 5.91 Å². The molecule has 5 nitrogen and oxygen atoms in total. The number of likely N-dealkylation sites (tertiary alicyclic amines) is 1. The van der Waals surface area contributed by atoms with Crippen molar-refractivity contribution in [2.24, 2.45) is 0 Å². The Morgan fingerprint density at radius 3 is 2.45 bits per heavy atom. The summed E-state index contributed by atoms with van der Waals surface area (Å²) in [5, 5.41) is 0. The van der Waals surface area contributed by atoms with E-state index in [1.807, 2.05) is 29.2 Å². The van der Waals surface area contributed by atoms with Gasteiger partial charge >= 0.3 is 0 Å². The first-order chi connectivity index (χ1) is 9.74. The Morgan fingerprint density at radius 2 is 1.85 bits per heavy atom. The molecule has 2 rings (SSSR count). The third kappa shape index (κ3) is 3.63. The molecule has 1 heterocycles. The van der Waals surface area contributed by atoms with Gasteiger partial charge in [-0.25, -0.2) is 0 Å². The smallest absolute Gasteiger partial charge is 0.248 e. The standard InChI is InChI=1S/C15H21NO4/c1-18-11-15(17)16-9-7-12(8-10-16)20-14-6-4-3-5-13(14)19-2/h3-6,12H,7-11H2,1-2H3. The molecule has 0 atom stereocenters. The summed E-state index contributed by atoms with van der Waals surface area (Å²) >= 11 is 0. The van der Waals surface area contributed by atoms with Crippen molar-refractivity contribution in [2.75, 3.05) is 33.9 Å². The number of hydrogen-bond acceptors (Lipinski definition) is 4. The van der Waals surface area contributed by atoms with Crippen LogP contribution in [0.5, 0.6) is 11.5 Å². The molecule has 5 heteroatoms. The van der Waals surface area contributed by atoms with Crippen molar-refractivity contribution in [1.82, 2.24) is 4.90 Å². The van der Waals surface area contributed by atoms with E-state index in [1.54, 1.807) is 7.11 Å². The molecule has 1 aliphatic heterocycles. The summed E-state index contributed by atoms with van der Waals surface area (Å²) in [7, 11) is 3.17. The molecular formula is C15H21NO4. The number of para-hydroxylation sites is 2. The van der Waals surface area contributed by atoms with Gasteiger partial charge in [0.25, 0.3) is 0 Å². The van der Waals surface area contributed by atoms with Crippen LogP contribution in [0.1, 0.15) is 12.8 Å². The molecule has 0 bridgehead atoms. The van der Waals surface area contributed by atoms with Gasteiger partial charge in [0.15, 0.2) is 11.5 Å². The molecule has 0 aromatic heterocycles. The number of nitrogens with zero attached hydrogens (tertiary/aromatic N) is 1. The van der Waals surface area contributed by atoms with E-state index in [-0.39, 0.29) is 18.6 Å². The molecular weight excluding hydrogens is 258 g/mol. The van der Waals surface area contributed by atoms with E-state index in [4.69, 9.17) is 14.2 Å². The lowest BCUT2D eigenvalue weighted by Gasteiger charge is -2.32. The monoisotopic (exact) mass is 279 g/mol. The highest BCUT2D eigenvalue weighted by Gasteiger charge is 2.24. The molecule has 0 unspecified atom stereocenters. The zero-order valence-corrected chi connectivity index (χ0v) is 12.0. The van der Waals surface area contributed by atoms with Crippen LogP contribution in [0, 0.1) is 0 Å². The fourth-order valence-electron chi connectivity index (χ4n) is 2.33. The quantitative estimate of drug-likeness (QED) is 0.823. The first-order valence-electron chi connectivity index (χ1n) is 6.81. The number of rotatable bonds is 5. The predicted octanol–water partition coefficient (Wildman–Crippen LogP) is 1.71. The van der Waals surface area contributed by atoms with E-state index in [0.29, 0.717) is 13.1 Å². The van der Waals surface area contributed by atoms with Gasteiger partial charge in [-0.05, 0) is 12.1 Å². The molecule has 0 radical (unpaired) electrons. The predicted molar refractivity (Wildman–Crippen MR) is 75.1 cm³/mol. The molecule has 0 saturated carbocycles. The van der Waals surface area contributed by atoms with Gasteiger partial charge in [-0.1, -0.05) is 12.1 Å². The van der Waals surface area contributed by atoms with E-state index >= 15 is 0 Å². The number of benzene rings is 1. The molecule has 0 spiro atoms. The van der Waals surface area contributed by atoms with Crippen LogP contribution in [-0.2, 0) is 9.53 Å². The SMILES string of the molecule is COCC(=O)N1CCC(Oc2ccccc2OC)CC1. The van der Waals surface area contributed by atoms with Crippen molar-refractivity contribution in [3.05, 3.63) is 24.3 Å². The Kier molecular flexibility index (Phi) is 5.24. The Labute approximate surface area is 119 Å². The number of ether oxygens (including phenoxy) is 3. The van der Waals surface area contributed by atoms with Crippen LogP contribution in [0.15, 0.2) is 24.3 Å². The van der Waals surface area contributed by atoms with Crippen LogP contribution >= 0.6 is 0 Å². The molecule has 20 heavy (non-hydrogen) atoms. The number of carbonyl (C=O) groups is 1. The second-order valence-corrected chi connectivity index (χ2v) is 4.78. The molecule has 1 fully saturated rings. The van der Waals surface area contributed by atoms with Crippen molar-refractivity contribution in [3.63, 3.8) is 0 Å². The summed E-state index contributed by atoms with van der Waals surface area (Å²) in [6, 6.07) is 7.63. The Hall–Kier alpha value is -1.75. The van der Waals surface area contributed by atoms with Crippen LogP contribution in [0.25, 0.3) is 0 Å². The third-order valence-corrected chi connectivity index (χ3v) is 3.43. The van der Waals surface area contributed by atoms with E-state index in [2.05, 4.69) is 0 Å². The average molecular weight is 279 g/mol. The maximum absolute atomic E-state index is 11.7. The summed E-state index contributed by atoms with van der Waals surface area (Å²) in [5.41, 5.74) is 0. The Morgan fingerprint density at radius 1 is 1.20 bits per heavy atom. The second-order valence-electron chi connectivity index (χ2n) is 4.78. The minimum Gasteiger partial charge on any atom is -0.493 e. The highest BCUT2D eigenvalue weighted by atomic mass is 16.5. The zero-order valence-electron chi connectivity index (χ0n) is 12.0. The summed E-state index contributed by atoms with van der Waals surface area (Å²) in [5.74, 6) is 1.55. The van der Waals surface area contributed by atoms with Crippen LogP contribution in [-0.4, -0.2) is 50.8 Å². The minimum absolute atomic E-state index is 0.0447. The average Bonchev–Trinajstić information content (AvgIpc) is 2.49. The first-order valence-corrected chi connectivity index (χ1v) is 6.81. The first kappa shape index (κ1) is 14.7. The van der Waals surface area contributed by atoms with Crippen LogP contribution in [0.4, 0.5) is 0 Å². The molecule has 0 N–H and O–H groups in total. The molecule has 1 saturated heterocycles. The normalized spacial score (nSPS) is 16.0. The van der Waals surface area contributed by atoms with Crippen LogP contribution in [0.2, 0.25) is 0 Å². The van der Waals surface area contributed by atoms with Gasteiger partial charge in [0.1, 0.15) is 12.7 Å². The van der Waals surface area contributed by atoms with Crippen LogP contribution < -0.4 is 9.47 Å². The lowest BCUT2D eigenvalue weighted by molar-refractivity contribution is -0.136. The number of carbonyl (C=O) groups excluding carboxylic acids is 1. The van der Waals surface area contributed by atoms with E-state index in [9.17, 15) is 4.79 Å². The fraction of sp³-hybridized carbons (Fsp3) is 0.533. The van der Waals surface area contributed by atoms with Crippen LogP contribution in [0.3, 0.4) is 0 Å². The van der Waals surface area contributed by atoms with Gasteiger partial charge < -0.3 is 19.1 Å².